The molecule has 0 atom stereocenters. The number of amides is 1. The highest BCUT2D eigenvalue weighted by molar-refractivity contribution is 7.89. The number of sulfonamides is 1. The average Bonchev–Trinajstić information content (AvgIpc) is 2.50. The van der Waals surface area contributed by atoms with E-state index in [4.69, 9.17) is 23.2 Å². The number of hydrogen-bond donors (Lipinski definition) is 2. The lowest BCUT2D eigenvalue weighted by Gasteiger charge is -2.10. The van der Waals surface area contributed by atoms with Crippen LogP contribution in [0, 0.1) is 6.92 Å². The molecular weight excluding hydrogens is 359 g/mol. The first-order valence-corrected chi connectivity index (χ1v) is 8.84. The lowest BCUT2D eigenvalue weighted by molar-refractivity contribution is -0.115. The molecular formula is C15H14Cl2N2O3S. The number of anilines is 1. The van der Waals surface area contributed by atoms with Crippen LogP contribution in [0.25, 0.3) is 0 Å². The standard InChI is InChI=1S/C15H14Cl2N2O3S/c1-10-4-2-3-5-14(10)19-15(20)9-18-23(21,22)11-6-7-12(16)13(17)8-11/h2-8,18H,9H2,1H3,(H,19,20). The van der Waals surface area contributed by atoms with E-state index in [9.17, 15) is 13.2 Å². The smallest absolute Gasteiger partial charge is 0.241 e. The van der Waals surface area contributed by atoms with Crippen LogP contribution in [-0.4, -0.2) is 20.9 Å². The molecule has 0 aromatic heterocycles. The Bertz CT molecular complexity index is 838. The molecule has 5 nitrogen and oxygen atoms in total. The van der Waals surface area contributed by atoms with E-state index < -0.39 is 22.5 Å². The molecule has 2 aromatic carbocycles. The first-order valence-electron chi connectivity index (χ1n) is 6.60. The van der Waals surface area contributed by atoms with E-state index in [0.29, 0.717) is 5.69 Å². The van der Waals surface area contributed by atoms with Gasteiger partial charge in [-0.25, -0.2) is 13.1 Å². The third-order valence-corrected chi connectivity index (χ3v) is 5.18. The lowest BCUT2D eigenvalue weighted by Crippen LogP contribution is -2.33. The van der Waals surface area contributed by atoms with E-state index in [1.807, 2.05) is 19.1 Å². The van der Waals surface area contributed by atoms with Gasteiger partial charge in [-0.3, -0.25) is 4.79 Å². The molecule has 0 bridgehead atoms. The Morgan fingerprint density at radius 3 is 2.43 bits per heavy atom. The molecule has 2 N–H and O–H groups in total. The van der Waals surface area contributed by atoms with Crippen LogP contribution in [0.15, 0.2) is 47.4 Å². The van der Waals surface area contributed by atoms with Crippen LogP contribution in [0.1, 0.15) is 5.56 Å². The largest absolute Gasteiger partial charge is 0.325 e. The molecule has 0 saturated carbocycles. The van der Waals surface area contributed by atoms with Crippen molar-refractivity contribution < 1.29 is 13.2 Å². The zero-order valence-electron chi connectivity index (χ0n) is 12.1. The van der Waals surface area contributed by atoms with Crippen molar-refractivity contribution in [1.82, 2.24) is 4.72 Å². The van der Waals surface area contributed by atoms with Crippen LogP contribution in [0.5, 0.6) is 0 Å². The molecule has 0 aliphatic carbocycles. The van der Waals surface area contributed by atoms with Gasteiger partial charge in [0.25, 0.3) is 0 Å². The van der Waals surface area contributed by atoms with Crippen LogP contribution >= 0.6 is 23.2 Å². The predicted octanol–water partition coefficient (Wildman–Crippen LogP) is 3.22. The fourth-order valence-electron chi connectivity index (χ4n) is 1.80. The van der Waals surface area contributed by atoms with Gasteiger partial charge in [-0.2, -0.15) is 0 Å². The minimum Gasteiger partial charge on any atom is -0.325 e. The molecule has 0 heterocycles. The van der Waals surface area contributed by atoms with Crippen molar-refractivity contribution in [2.24, 2.45) is 0 Å². The predicted molar refractivity (Wildman–Crippen MR) is 91.5 cm³/mol. The summed E-state index contributed by atoms with van der Waals surface area (Å²) in [4.78, 5) is 11.8. The van der Waals surface area contributed by atoms with Crippen molar-refractivity contribution in [3.05, 3.63) is 58.1 Å². The number of carbonyl (C=O) groups is 1. The Morgan fingerprint density at radius 1 is 1.09 bits per heavy atom. The fraction of sp³-hybridized carbons (Fsp3) is 0.133. The van der Waals surface area contributed by atoms with Crippen molar-refractivity contribution in [3.8, 4) is 0 Å². The van der Waals surface area contributed by atoms with Crippen LogP contribution in [0.3, 0.4) is 0 Å². The van der Waals surface area contributed by atoms with Gasteiger partial charge in [-0.15, -0.1) is 0 Å². The molecule has 0 saturated heterocycles. The molecule has 0 unspecified atom stereocenters. The first kappa shape index (κ1) is 17.7. The second-order valence-electron chi connectivity index (χ2n) is 4.76. The Hall–Kier alpha value is -1.60. The van der Waals surface area contributed by atoms with Crippen molar-refractivity contribution in [3.63, 3.8) is 0 Å². The fourth-order valence-corrected chi connectivity index (χ4v) is 3.17. The first-order chi connectivity index (χ1) is 10.8. The Balaban J connectivity index is 2.03. The molecule has 0 aliphatic rings. The summed E-state index contributed by atoms with van der Waals surface area (Å²) in [6, 6.07) is 11.1. The highest BCUT2D eigenvalue weighted by Gasteiger charge is 2.17. The lowest BCUT2D eigenvalue weighted by atomic mass is 10.2. The van der Waals surface area contributed by atoms with Crippen molar-refractivity contribution in [2.45, 2.75) is 11.8 Å². The molecule has 2 rings (SSSR count). The highest BCUT2D eigenvalue weighted by atomic mass is 35.5. The maximum Gasteiger partial charge on any atom is 0.241 e. The second kappa shape index (κ2) is 7.31. The van der Waals surface area contributed by atoms with Gasteiger partial charge in [0, 0.05) is 5.69 Å². The third-order valence-electron chi connectivity index (χ3n) is 3.04. The van der Waals surface area contributed by atoms with E-state index in [0.717, 1.165) is 5.56 Å². The number of nitrogens with one attached hydrogen (secondary N) is 2. The highest BCUT2D eigenvalue weighted by Crippen LogP contribution is 2.24. The van der Waals surface area contributed by atoms with Gasteiger partial charge in [0.1, 0.15) is 0 Å². The monoisotopic (exact) mass is 372 g/mol. The normalized spacial score (nSPS) is 11.3. The summed E-state index contributed by atoms with van der Waals surface area (Å²) in [5.41, 5.74) is 1.51. The third kappa shape index (κ3) is 4.68. The summed E-state index contributed by atoms with van der Waals surface area (Å²) in [7, 11) is -3.85. The quantitative estimate of drug-likeness (QED) is 0.845. The van der Waals surface area contributed by atoms with Crippen LogP contribution in [0.2, 0.25) is 10.0 Å². The number of carbonyl (C=O) groups excluding carboxylic acids is 1. The summed E-state index contributed by atoms with van der Waals surface area (Å²) in [5, 5.41) is 3.02. The average molecular weight is 373 g/mol. The molecule has 0 radical (unpaired) electrons. The molecule has 2 aromatic rings. The topological polar surface area (TPSA) is 75.3 Å². The molecule has 122 valence electrons. The molecule has 8 heteroatoms. The molecule has 0 aliphatic heterocycles. The van der Waals surface area contributed by atoms with Crippen molar-refractivity contribution in [1.29, 1.82) is 0 Å². The minimum absolute atomic E-state index is 0.0596. The zero-order valence-corrected chi connectivity index (χ0v) is 14.5. The second-order valence-corrected chi connectivity index (χ2v) is 7.34. The summed E-state index contributed by atoms with van der Waals surface area (Å²) >= 11 is 11.6. The van der Waals surface area contributed by atoms with Gasteiger partial charge in [0.2, 0.25) is 15.9 Å². The van der Waals surface area contributed by atoms with Gasteiger partial charge in [-0.1, -0.05) is 41.4 Å². The number of halogens is 2. The minimum atomic E-state index is -3.85. The van der Waals surface area contributed by atoms with Gasteiger partial charge in [0.15, 0.2) is 0 Å². The summed E-state index contributed by atoms with van der Waals surface area (Å²) in [5.74, 6) is -0.470. The molecule has 23 heavy (non-hydrogen) atoms. The molecule has 0 spiro atoms. The zero-order chi connectivity index (χ0) is 17.0. The van der Waals surface area contributed by atoms with Gasteiger partial charge in [-0.05, 0) is 36.8 Å². The van der Waals surface area contributed by atoms with Gasteiger partial charge >= 0.3 is 0 Å². The SMILES string of the molecule is Cc1ccccc1NC(=O)CNS(=O)(=O)c1ccc(Cl)c(Cl)c1. The maximum atomic E-state index is 12.1. The molecule has 0 fully saturated rings. The Morgan fingerprint density at radius 2 is 1.78 bits per heavy atom. The summed E-state index contributed by atoms with van der Waals surface area (Å²) < 4.78 is 26.5. The summed E-state index contributed by atoms with van der Waals surface area (Å²) in [6.07, 6.45) is 0. The van der Waals surface area contributed by atoms with E-state index in [-0.39, 0.29) is 14.9 Å². The number of rotatable bonds is 5. The van der Waals surface area contributed by atoms with Crippen molar-refractivity contribution in [2.75, 3.05) is 11.9 Å². The van der Waals surface area contributed by atoms with Crippen LogP contribution in [0.4, 0.5) is 5.69 Å². The van der Waals surface area contributed by atoms with Gasteiger partial charge < -0.3 is 5.32 Å². The van der Waals surface area contributed by atoms with E-state index in [1.165, 1.54) is 18.2 Å². The van der Waals surface area contributed by atoms with E-state index in [2.05, 4.69) is 10.0 Å². The van der Waals surface area contributed by atoms with E-state index >= 15 is 0 Å². The number of hydrogen-bond acceptors (Lipinski definition) is 3. The number of para-hydroxylation sites is 1. The van der Waals surface area contributed by atoms with Crippen LogP contribution in [-0.2, 0) is 14.8 Å². The number of benzene rings is 2. The van der Waals surface area contributed by atoms with Gasteiger partial charge in [0.05, 0.1) is 21.5 Å². The number of aryl methyl sites for hydroxylation is 1. The summed E-state index contributed by atoms with van der Waals surface area (Å²) in [6.45, 7) is 1.45. The molecule has 1 amide bonds. The van der Waals surface area contributed by atoms with Crippen molar-refractivity contribution >= 4 is 44.8 Å². The Labute approximate surface area is 144 Å². The van der Waals surface area contributed by atoms with Crippen LogP contribution < -0.4 is 10.0 Å². The Kier molecular flexibility index (Phi) is 5.64. The van der Waals surface area contributed by atoms with E-state index in [1.54, 1.807) is 12.1 Å². The maximum absolute atomic E-state index is 12.1.